The molecule has 21 heavy (non-hydrogen) atoms. The highest BCUT2D eigenvalue weighted by Crippen LogP contribution is 2.26. The van der Waals surface area contributed by atoms with Gasteiger partial charge in [-0.15, -0.1) is 0 Å². The monoisotopic (exact) mass is 319 g/mol. The van der Waals surface area contributed by atoms with Gasteiger partial charge in [0.1, 0.15) is 4.90 Å². The van der Waals surface area contributed by atoms with Crippen molar-refractivity contribution in [2.24, 2.45) is 0 Å². The average Bonchev–Trinajstić information content (AvgIpc) is 2.42. The fraction of sp³-hybridized carbons (Fsp3) is 0.455. The largest absolute Gasteiger partial charge is 0.397 e. The van der Waals surface area contributed by atoms with E-state index >= 15 is 0 Å². The highest BCUT2D eigenvalue weighted by Gasteiger charge is 2.27. The molecule has 10 heteroatoms. The van der Waals surface area contributed by atoms with Gasteiger partial charge in [0.25, 0.3) is 5.69 Å². The third-order valence-corrected chi connectivity index (χ3v) is 4.69. The number of anilines is 1. The number of methoxy groups -OCH3 is 1. The van der Waals surface area contributed by atoms with E-state index in [4.69, 9.17) is 15.6 Å². The number of sulfonamides is 1. The summed E-state index contributed by atoms with van der Waals surface area (Å²) in [6.45, 7) is -0.306. The van der Waals surface area contributed by atoms with E-state index in [-0.39, 0.29) is 42.6 Å². The van der Waals surface area contributed by atoms with Gasteiger partial charge in [0.05, 0.1) is 23.8 Å². The minimum atomic E-state index is -3.96. The first-order chi connectivity index (χ1) is 9.84. The number of aliphatic hydroxyl groups is 1. The van der Waals surface area contributed by atoms with Gasteiger partial charge in [-0.3, -0.25) is 10.1 Å². The molecule has 1 rings (SSSR count). The Morgan fingerprint density at radius 2 is 2.10 bits per heavy atom. The summed E-state index contributed by atoms with van der Waals surface area (Å²) in [5.74, 6) is 0. The summed E-state index contributed by atoms with van der Waals surface area (Å²) >= 11 is 0. The van der Waals surface area contributed by atoms with Crippen molar-refractivity contribution in [2.75, 3.05) is 39.1 Å². The van der Waals surface area contributed by atoms with E-state index in [1.165, 1.54) is 7.11 Å². The standard InChI is InChI=1S/C11H17N3O6S/c1-20-7-5-13(4-6-15)21(18,19)11-3-2-9(14(16)17)8-10(11)12/h2-3,8,15H,4-7,12H2,1H3. The molecule has 9 nitrogen and oxygen atoms in total. The van der Waals surface area contributed by atoms with Crippen molar-refractivity contribution >= 4 is 21.4 Å². The maximum Gasteiger partial charge on any atom is 0.271 e. The van der Waals surface area contributed by atoms with Crippen molar-refractivity contribution < 1.29 is 23.2 Å². The Balaban J connectivity index is 3.18. The Labute approximate surface area is 122 Å². The second-order valence-electron chi connectivity index (χ2n) is 4.10. The number of benzene rings is 1. The predicted octanol–water partition coefficient (Wildman–Crippen LogP) is -0.194. The average molecular weight is 319 g/mol. The van der Waals surface area contributed by atoms with Crippen LogP contribution in [0.5, 0.6) is 0 Å². The topological polar surface area (TPSA) is 136 Å². The Bertz CT molecular complexity index is 604. The fourth-order valence-electron chi connectivity index (χ4n) is 1.68. The first-order valence-corrected chi connectivity index (χ1v) is 7.42. The number of nitro groups is 1. The number of rotatable bonds is 8. The smallest absolute Gasteiger partial charge is 0.271 e. The molecular weight excluding hydrogens is 302 g/mol. The van der Waals surface area contributed by atoms with Crippen molar-refractivity contribution in [3.05, 3.63) is 28.3 Å². The third kappa shape index (κ3) is 4.11. The van der Waals surface area contributed by atoms with E-state index in [2.05, 4.69) is 0 Å². The zero-order chi connectivity index (χ0) is 16.0. The van der Waals surface area contributed by atoms with E-state index in [1.54, 1.807) is 0 Å². The van der Waals surface area contributed by atoms with E-state index in [9.17, 15) is 18.5 Å². The first-order valence-electron chi connectivity index (χ1n) is 5.98. The van der Waals surface area contributed by atoms with Gasteiger partial charge < -0.3 is 15.6 Å². The molecule has 0 saturated heterocycles. The fourth-order valence-corrected chi connectivity index (χ4v) is 3.19. The molecule has 0 fully saturated rings. The van der Waals surface area contributed by atoms with Gasteiger partial charge in [-0.05, 0) is 6.07 Å². The van der Waals surface area contributed by atoms with Gasteiger partial charge in [0, 0.05) is 32.3 Å². The van der Waals surface area contributed by atoms with Crippen LogP contribution in [0.1, 0.15) is 0 Å². The summed E-state index contributed by atoms with van der Waals surface area (Å²) < 4.78 is 30.7. The van der Waals surface area contributed by atoms with Gasteiger partial charge in [-0.25, -0.2) is 8.42 Å². The number of aliphatic hydroxyl groups excluding tert-OH is 1. The molecule has 1 aromatic carbocycles. The maximum atomic E-state index is 12.4. The van der Waals surface area contributed by atoms with Crippen LogP contribution in [-0.4, -0.2) is 56.2 Å². The van der Waals surface area contributed by atoms with Gasteiger partial charge in [-0.1, -0.05) is 0 Å². The minimum Gasteiger partial charge on any atom is -0.397 e. The summed E-state index contributed by atoms with van der Waals surface area (Å²) in [5.41, 5.74) is 5.09. The van der Waals surface area contributed by atoms with E-state index in [0.29, 0.717) is 0 Å². The van der Waals surface area contributed by atoms with Crippen molar-refractivity contribution in [1.82, 2.24) is 4.31 Å². The zero-order valence-electron chi connectivity index (χ0n) is 11.4. The zero-order valence-corrected chi connectivity index (χ0v) is 12.2. The lowest BCUT2D eigenvalue weighted by Crippen LogP contribution is -2.36. The highest BCUT2D eigenvalue weighted by molar-refractivity contribution is 7.89. The predicted molar refractivity (Wildman–Crippen MR) is 75.2 cm³/mol. The number of non-ortho nitro benzene ring substituents is 1. The number of hydrogen-bond acceptors (Lipinski definition) is 7. The SMILES string of the molecule is COCCN(CCO)S(=O)(=O)c1ccc([N+](=O)[O-])cc1N. The third-order valence-electron chi connectivity index (χ3n) is 2.72. The van der Waals surface area contributed by atoms with Crippen LogP contribution in [-0.2, 0) is 14.8 Å². The first kappa shape index (κ1) is 17.3. The van der Waals surface area contributed by atoms with Crippen LogP contribution in [0.3, 0.4) is 0 Å². The number of ether oxygens (including phenoxy) is 1. The maximum absolute atomic E-state index is 12.4. The Hall–Kier alpha value is -1.75. The van der Waals surface area contributed by atoms with Gasteiger partial charge in [-0.2, -0.15) is 4.31 Å². The lowest BCUT2D eigenvalue weighted by atomic mass is 10.3. The molecule has 0 spiro atoms. The molecule has 0 aliphatic heterocycles. The van der Waals surface area contributed by atoms with Gasteiger partial charge >= 0.3 is 0 Å². The summed E-state index contributed by atoms with van der Waals surface area (Å²) in [6.07, 6.45) is 0. The van der Waals surface area contributed by atoms with Crippen molar-refractivity contribution in [2.45, 2.75) is 4.90 Å². The Kier molecular flexibility index (Phi) is 6.03. The van der Waals surface area contributed by atoms with Crippen molar-refractivity contribution in [1.29, 1.82) is 0 Å². The van der Waals surface area contributed by atoms with Crippen LogP contribution in [0.25, 0.3) is 0 Å². The Morgan fingerprint density at radius 3 is 2.57 bits per heavy atom. The van der Waals surface area contributed by atoms with Crippen LogP contribution < -0.4 is 5.73 Å². The number of nitrogen functional groups attached to an aromatic ring is 1. The number of hydrogen-bond donors (Lipinski definition) is 2. The molecule has 0 aliphatic rings. The molecule has 0 amide bonds. The molecule has 118 valence electrons. The summed E-state index contributed by atoms with van der Waals surface area (Å²) in [7, 11) is -2.54. The van der Waals surface area contributed by atoms with E-state index in [1.807, 2.05) is 0 Å². The molecule has 0 saturated carbocycles. The molecule has 3 N–H and O–H groups in total. The minimum absolute atomic E-state index is 0.0375. The van der Waals surface area contributed by atoms with Crippen LogP contribution in [0.4, 0.5) is 11.4 Å². The molecule has 0 atom stereocenters. The van der Waals surface area contributed by atoms with Crippen LogP contribution >= 0.6 is 0 Å². The summed E-state index contributed by atoms with van der Waals surface area (Å²) in [5, 5.41) is 19.6. The molecular formula is C11H17N3O6S. The lowest BCUT2D eigenvalue weighted by molar-refractivity contribution is -0.384. The molecule has 0 heterocycles. The number of nitrogens with zero attached hydrogens (tertiary/aromatic N) is 2. The van der Waals surface area contributed by atoms with Crippen molar-refractivity contribution in [3.63, 3.8) is 0 Å². The molecule has 0 aliphatic carbocycles. The molecule has 0 aromatic heterocycles. The van der Waals surface area contributed by atoms with Crippen LogP contribution in [0.15, 0.2) is 23.1 Å². The quantitative estimate of drug-likeness (QED) is 0.385. The van der Waals surface area contributed by atoms with E-state index < -0.39 is 14.9 Å². The van der Waals surface area contributed by atoms with E-state index in [0.717, 1.165) is 22.5 Å². The second-order valence-corrected chi connectivity index (χ2v) is 6.01. The lowest BCUT2D eigenvalue weighted by Gasteiger charge is -2.21. The molecule has 0 unspecified atom stereocenters. The number of nitro benzene ring substituents is 1. The van der Waals surface area contributed by atoms with Gasteiger partial charge in [0.2, 0.25) is 10.0 Å². The van der Waals surface area contributed by atoms with Gasteiger partial charge in [0.15, 0.2) is 0 Å². The second kappa shape index (κ2) is 7.31. The van der Waals surface area contributed by atoms with Crippen LogP contribution in [0, 0.1) is 10.1 Å². The van der Waals surface area contributed by atoms with Crippen LogP contribution in [0.2, 0.25) is 0 Å². The molecule has 0 radical (unpaired) electrons. The molecule has 1 aromatic rings. The summed E-state index contributed by atoms with van der Waals surface area (Å²) in [6, 6.07) is 3.14. The highest BCUT2D eigenvalue weighted by atomic mass is 32.2. The normalized spacial score (nSPS) is 11.8. The Morgan fingerprint density at radius 1 is 1.43 bits per heavy atom. The summed E-state index contributed by atoms with van der Waals surface area (Å²) in [4.78, 5) is 9.73. The molecule has 0 bridgehead atoms. The number of nitrogens with two attached hydrogens (primary N) is 1. The van der Waals surface area contributed by atoms with Crippen molar-refractivity contribution in [3.8, 4) is 0 Å².